The van der Waals surface area contributed by atoms with Crippen LogP contribution in [-0.2, 0) is 0 Å². The molecule has 4 N–H and O–H groups in total. The summed E-state index contributed by atoms with van der Waals surface area (Å²) in [4.78, 5) is 12.6. The highest BCUT2D eigenvalue weighted by Crippen LogP contribution is 2.20. The molecule has 0 unspecified atom stereocenters. The van der Waals surface area contributed by atoms with Crippen LogP contribution >= 0.6 is 0 Å². The Kier molecular flexibility index (Phi) is 5.52. The lowest BCUT2D eigenvalue weighted by atomic mass is 10.0. The zero-order valence-electron chi connectivity index (χ0n) is 13.6. The van der Waals surface area contributed by atoms with Gasteiger partial charge in [0.15, 0.2) is 0 Å². The fraction of sp³-hybridized carbons (Fsp3) is 0.263. The van der Waals surface area contributed by atoms with E-state index in [1.54, 1.807) is 25.1 Å². The maximum atomic E-state index is 12.6. The van der Waals surface area contributed by atoms with Crippen LogP contribution in [-0.4, -0.2) is 11.6 Å². The number of rotatable bonds is 6. The van der Waals surface area contributed by atoms with E-state index in [0.29, 0.717) is 22.5 Å². The topological polar surface area (TPSA) is 79.0 Å². The monoisotopic (exact) mass is 309 g/mol. The molecule has 1 amide bonds. The number of nitrogens with one attached hydrogen (secondary N) is 2. The summed E-state index contributed by atoms with van der Waals surface area (Å²) in [6, 6.07) is 15.0. The number of benzene rings is 2. The van der Waals surface area contributed by atoms with Crippen molar-refractivity contribution in [2.75, 3.05) is 5.73 Å². The van der Waals surface area contributed by atoms with Gasteiger partial charge in [-0.25, -0.2) is 0 Å². The van der Waals surface area contributed by atoms with Gasteiger partial charge in [0.05, 0.1) is 6.04 Å². The molecule has 120 valence electrons. The Morgan fingerprint density at radius 2 is 1.91 bits per heavy atom. The molecule has 0 spiro atoms. The number of carbonyl (C=O) groups excluding carboxylic acids is 1. The number of hydrogen-bond acceptors (Lipinski definition) is 3. The van der Waals surface area contributed by atoms with Gasteiger partial charge in [-0.05, 0) is 37.1 Å². The Labute approximate surface area is 137 Å². The van der Waals surface area contributed by atoms with Gasteiger partial charge in [0.2, 0.25) is 0 Å². The van der Waals surface area contributed by atoms with Crippen molar-refractivity contribution >= 4 is 17.3 Å². The summed E-state index contributed by atoms with van der Waals surface area (Å²) in [5, 5.41) is 10.8. The van der Waals surface area contributed by atoms with Gasteiger partial charge < -0.3 is 16.5 Å². The van der Waals surface area contributed by atoms with Crippen molar-refractivity contribution in [3.05, 3.63) is 65.2 Å². The first kappa shape index (κ1) is 16.7. The van der Waals surface area contributed by atoms with Gasteiger partial charge in [0, 0.05) is 22.5 Å². The minimum Gasteiger partial charge on any atom is -0.398 e. The highest BCUT2D eigenvalue weighted by atomic mass is 16.1. The van der Waals surface area contributed by atoms with Gasteiger partial charge in [-0.2, -0.15) is 0 Å². The van der Waals surface area contributed by atoms with Gasteiger partial charge in [-0.3, -0.25) is 4.79 Å². The zero-order chi connectivity index (χ0) is 16.8. The number of carbonyl (C=O) groups is 1. The molecule has 0 saturated heterocycles. The molecule has 0 aliphatic rings. The molecular formula is C19H23N3O. The summed E-state index contributed by atoms with van der Waals surface area (Å²) in [6.45, 7) is 3.76. The van der Waals surface area contributed by atoms with Gasteiger partial charge >= 0.3 is 0 Å². The lowest BCUT2D eigenvalue weighted by Crippen LogP contribution is -2.28. The second kappa shape index (κ2) is 7.58. The van der Waals surface area contributed by atoms with E-state index in [-0.39, 0.29) is 11.9 Å². The molecule has 23 heavy (non-hydrogen) atoms. The van der Waals surface area contributed by atoms with Gasteiger partial charge in [-0.1, -0.05) is 43.7 Å². The number of amides is 1. The molecule has 0 aromatic heterocycles. The van der Waals surface area contributed by atoms with Crippen molar-refractivity contribution in [3.63, 3.8) is 0 Å². The van der Waals surface area contributed by atoms with Crippen molar-refractivity contribution in [3.8, 4) is 0 Å². The van der Waals surface area contributed by atoms with Crippen LogP contribution in [0.2, 0.25) is 0 Å². The summed E-state index contributed by atoms with van der Waals surface area (Å²) < 4.78 is 0. The summed E-state index contributed by atoms with van der Waals surface area (Å²) in [6.07, 6.45) is 1.85. The van der Waals surface area contributed by atoms with E-state index in [4.69, 9.17) is 11.1 Å². The zero-order valence-corrected chi connectivity index (χ0v) is 13.6. The summed E-state index contributed by atoms with van der Waals surface area (Å²) in [5.74, 6) is -0.144. The number of nitrogen functional groups attached to an aromatic ring is 1. The van der Waals surface area contributed by atoms with E-state index in [9.17, 15) is 4.79 Å². The van der Waals surface area contributed by atoms with Crippen LogP contribution in [0.3, 0.4) is 0 Å². The predicted octanol–water partition coefficient (Wildman–Crippen LogP) is 3.93. The molecular weight excluding hydrogens is 286 g/mol. The Hall–Kier alpha value is -2.62. The first-order chi connectivity index (χ1) is 11.0. The van der Waals surface area contributed by atoms with E-state index in [2.05, 4.69) is 12.2 Å². The first-order valence-corrected chi connectivity index (χ1v) is 7.83. The standard InChI is InChI=1S/C19H23N3O/c1-3-7-18(14-8-5-4-6-9-14)22-19(23)15-10-11-17(21)16(12-15)13(2)20/h4-6,8-12,18,20H,3,7,21H2,1-2H3,(H,22,23)/t18-/m0/s1. The molecule has 4 nitrogen and oxygen atoms in total. The van der Waals surface area contributed by atoms with Crippen LogP contribution in [0.5, 0.6) is 0 Å². The third-order valence-electron chi connectivity index (χ3n) is 3.80. The van der Waals surface area contributed by atoms with Crippen LogP contribution in [0.25, 0.3) is 0 Å². The average Bonchev–Trinajstić information content (AvgIpc) is 2.55. The minimum atomic E-state index is -0.144. The van der Waals surface area contributed by atoms with E-state index in [1.807, 2.05) is 30.3 Å². The lowest BCUT2D eigenvalue weighted by molar-refractivity contribution is 0.0934. The smallest absolute Gasteiger partial charge is 0.251 e. The van der Waals surface area contributed by atoms with E-state index in [1.165, 1.54) is 0 Å². The van der Waals surface area contributed by atoms with Crippen LogP contribution in [0.4, 0.5) is 5.69 Å². The van der Waals surface area contributed by atoms with Gasteiger partial charge in [0.25, 0.3) is 5.91 Å². The van der Waals surface area contributed by atoms with Crippen LogP contribution in [0.1, 0.15) is 54.2 Å². The van der Waals surface area contributed by atoms with Crippen molar-refractivity contribution < 1.29 is 4.79 Å². The summed E-state index contributed by atoms with van der Waals surface area (Å²) >= 11 is 0. The van der Waals surface area contributed by atoms with E-state index >= 15 is 0 Å². The molecule has 0 fully saturated rings. The van der Waals surface area contributed by atoms with Crippen LogP contribution in [0, 0.1) is 5.41 Å². The number of anilines is 1. The molecule has 2 rings (SSSR count). The van der Waals surface area contributed by atoms with Crippen molar-refractivity contribution in [1.82, 2.24) is 5.32 Å². The van der Waals surface area contributed by atoms with E-state index in [0.717, 1.165) is 18.4 Å². The van der Waals surface area contributed by atoms with Crippen molar-refractivity contribution in [1.29, 1.82) is 5.41 Å². The first-order valence-electron chi connectivity index (χ1n) is 7.83. The third kappa shape index (κ3) is 4.19. The third-order valence-corrected chi connectivity index (χ3v) is 3.80. The van der Waals surface area contributed by atoms with Crippen molar-refractivity contribution in [2.45, 2.75) is 32.7 Å². The maximum absolute atomic E-state index is 12.6. The van der Waals surface area contributed by atoms with Gasteiger partial charge in [0.1, 0.15) is 0 Å². The summed E-state index contributed by atoms with van der Waals surface area (Å²) in [7, 11) is 0. The molecule has 0 radical (unpaired) electrons. The minimum absolute atomic E-state index is 0.0178. The molecule has 4 heteroatoms. The van der Waals surface area contributed by atoms with E-state index < -0.39 is 0 Å². The Morgan fingerprint density at radius 1 is 1.22 bits per heavy atom. The highest BCUT2D eigenvalue weighted by molar-refractivity contribution is 6.04. The van der Waals surface area contributed by atoms with Gasteiger partial charge in [-0.15, -0.1) is 0 Å². The number of hydrogen-bond donors (Lipinski definition) is 3. The molecule has 2 aromatic rings. The molecule has 2 aromatic carbocycles. The lowest BCUT2D eigenvalue weighted by Gasteiger charge is -2.19. The molecule has 0 bridgehead atoms. The molecule has 0 aliphatic carbocycles. The highest BCUT2D eigenvalue weighted by Gasteiger charge is 2.16. The fourth-order valence-corrected chi connectivity index (χ4v) is 2.56. The SMILES string of the molecule is CCC[C@H](NC(=O)c1ccc(N)c(C(C)=N)c1)c1ccccc1. The second-order valence-corrected chi connectivity index (χ2v) is 5.65. The quantitative estimate of drug-likeness (QED) is 0.558. The maximum Gasteiger partial charge on any atom is 0.251 e. The fourth-order valence-electron chi connectivity index (χ4n) is 2.56. The summed E-state index contributed by atoms with van der Waals surface area (Å²) in [5.41, 5.74) is 8.95. The van der Waals surface area contributed by atoms with Crippen molar-refractivity contribution in [2.24, 2.45) is 0 Å². The largest absolute Gasteiger partial charge is 0.398 e. The Bertz CT molecular complexity index is 695. The molecule has 0 aliphatic heterocycles. The molecule has 1 atom stereocenters. The molecule has 0 heterocycles. The van der Waals surface area contributed by atoms with Crippen LogP contribution < -0.4 is 11.1 Å². The normalized spacial score (nSPS) is 11.7. The average molecular weight is 309 g/mol. The predicted molar refractivity (Wildman–Crippen MR) is 94.9 cm³/mol. The number of nitrogens with two attached hydrogens (primary N) is 1. The Morgan fingerprint density at radius 3 is 2.52 bits per heavy atom. The molecule has 0 saturated carbocycles. The second-order valence-electron chi connectivity index (χ2n) is 5.65. The Balaban J connectivity index is 2.22. The van der Waals surface area contributed by atoms with Crippen LogP contribution in [0.15, 0.2) is 48.5 Å².